The zero-order chi connectivity index (χ0) is 31.9. The fourth-order valence-corrected chi connectivity index (χ4v) is 5.39. The first-order valence-electron chi connectivity index (χ1n) is 17.0. The summed E-state index contributed by atoms with van der Waals surface area (Å²) < 4.78 is 32.3. The minimum absolute atomic E-state index is 0.266. The topological polar surface area (TPSA) is 104 Å². The molecule has 0 bridgehead atoms. The quantitative estimate of drug-likeness (QED) is 0.0439. The van der Waals surface area contributed by atoms with Crippen LogP contribution in [0.4, 0.5) is 0 Å². The van der Waals surface area contributed by atoms with Gasteiger partial charge >= 0.3 is 0 Å². The molecule has 0 heterocycles. The number of amides is 1. The first kappa shape index (κ1) is 41.0. The molecular formula is C36H63NO5S. The maximum absolute atomic E-state index is 12.4. The smallest absolute Gasteiger partial charge is 0.267 e. The third kappa shape index (κ3) is 31.3. The molecule has 0 aromatic rings. The Bertz CT molecular complexity index is 905. The van der Waals surface area contributed by atoms with Gasteiger partial charge in [-0.05, 0) is 64.2 Å². The Balaban J connectivity index is 4.13. The summed E-state index contributed by atoms with van der Waals surface area (Å²) >= 11 is 0. The van der Waals surface area contributed by atoms with Crippen molar-refractivity contribution in [1.82, 2.24) is 5.32 Å². The second-order valence-electron chi connectivity index (χ2n) is 11.4. The van der Waals surface area contributed by atoms with Crippen molar-refractivity contribution in [1.29, 1.82) is 0 Å². The molecule has 0 aromatic carbocycles. The van der Waals surface area contributed by atoms with Gasteiger partial charge in [0.1, 0.15) is 0 Å². The predicted octanol–water partition coefficient (Wildman–Crippen LogP) is 9.34. The Hall–Kier alpha value is -1.96. The lowest BCUT2D eigenvalue weighted by Gasteiger charge is -2.21. The predicted molar refractivity (Wildman–Crippen MR) is 184 cm³/mol. The molecule has 0 spiro atoms. The van der Waals surface area contributed by atoms with Gasteiger partial charge in [-0.25, -0.2) is 0 Å². The number of unbranched alkanes of at least 4 members (excludes halogenated alkanes) is 13. The molecule has 2 atom stereocenters. The molecule has 0 saturated carbocycles. The molecule has 0 rings (SSSR count). The van der Waals surface area contributed by atoms with Gasteiger partial charge < -0.3 is 10.4 Å². The molecule has 0 fully saturated rings. The van der Waals surface area contributed by atoms with Crippen LogP contribution in [-0.2, 0) is 14.9 Å². The average Bonchev–Trinajstić information content (AvgIpc) is 2.96. The summed E-state index contributed by atoms with van der Waals surface area (Å²) in [5, 5.41) is 13.1. The zero-order valence-corrected chi connectivity index (χ0v) is 28.1. The molecule has 6 nitrogen and oxygen atoms in total. The van der Waals surface area contributed by atoms with Gasteiger partial charge in [0.15, 0.2) is 0 Å². The standard InChI is InChI=1S/C36H63NO5S/c1-3-5-7-9-11-13-15-17-18-20-22-24-26-28-30-32-36(39)37-34(33-43(40,41)42)35(38)31-29-27-25-23-21-19-16-14-12-10-8-6-4-2/h5,7,11,13,17-18,21,23,29,31,34-35,38H,3-4,6,8-10,12,14-16,19-20,22,24-28,30,32-33H2,1-2H3,(H,37,39)(H,40,41,42)/b7-5-,13-11-,18-17-,23-21+,31-29+. The number of hydrogen-bond donors (Lipinski definition) is 3. The van der Waals surface area contributed by atoms with Gasteiger partial charge in [0.25, 0.3) is 10.1 Å². The molecule has 0 radical (unpaired) electrons. The fraction of sp³-hybridized carbons (Fsp3) is 0.694. The van der Waals surface area contributed by atoms with E-state index < -0.39 is 28.0 Å². The van der Waals surface area contributed by atoms with Gasteiger partial charge in [0.2, 0.25) is 5.91 Å². The van der Waals surface area contributed by atoms with Crippen molar-refractivity contribution in [2.75, 3.05) is 5.75 Å². The van der Waals surface area contributed by atoms with Crippen molar-refractivity contribution in [2.45, 2.75) is 154 Å². The minimum atomic E-state index is -4.35. The van der Waals surface area contributed by atoms with Crippen molar-refractivity contribution in [2.24, 2.45) is 0 Å². The van der Waals surface area contributed by atoms with Gasteiger partial charge in [-0.3, -0.25) is 9.35 Å². The Morgan fingerprint density at radius 1 is 0.651 bits per heavy atom. The number of allylic oxidation sites excluding steroid dienone is 9. The number of aliphatic hydroxyl groups is 1. The molecule has 0 aliphatic heterocycles. The Labute approximate surface area is 264 Å². The number of hydrogen-bond acceptors (Lipinski definition) is 4. The third-order valence-electron chi connectivity index (χ3n) is 7.18. The van der Waals surface area contributed by atoms with E-state index in [1.54, 1.807) is 6.08 Å². The van der Waals surface area contributed by atoms with E-state index in [-0.39, 0.29) is 12.3 Å². The Morgan fingerprint density at radius 3 is 1.74 bits per heavy atom. The first-order chi connectivity index (χ1) is 20.8. The molecule has 2 unspecified atom stereocenters. The lowest BCUT2D eigenvalue weighted by atomic mass is 10.1. The van der Waals surface area contributed by atoms with Gasteiger partial charge in [0, 0.05) is 6.42 Å². The summed E-state index contributed by atoms with van der Waals surface area (Å²) in [5.74, 6) is -1.03. The van der Waals surface area contributed by atoms with Crippen molar-refractivity contribution in [3.8, 4) is 0 Å². The molecular weight excluding hydrogens is 558 g/mol. The third-order valence-corrected chi connectivity index (χ3v) is 7.96. The van der Waals surface area contributed by atoms with Gasteiger partial charge in [-0.1, -0.05) is 132 Å². The molecule has 43 heavy (non-hydrogen) atoms. The summed E-state index contributed by atoms with van der Waals surface area (Å²) in [6, 6.07) is -1.08. The van der Waals surface area contributed by atoms with Crippen LogP contribution in [0.1, 0.15) is 142 Å². The molecule has 1 amide bonds. The number of nitrogens with one attached hydrogen (secondary N) is 1. The fourth-order valence-electron chi connectivity index (χ4n) is 4.65. The van der Waals surface area contributed by atoms with Crippen LogP contribution in [0.15, 0.2) is 60.8 Å². The SMILES string of the molecule is CC/C=C\C/C=C\C/C=C\CCCCCCCC(=O)NC(CS(=O)(=O)O)C(O)/C=C/CC/C=C/CCCCCCCCC. The number of carbonyl (C=O) groups is 1. The van der Waals surface area contributed by atoms with Crippen molar-refractivity contribution in [3.63, 3.8) is 0 Å². The highest BCUT2D eigenvalue weighted by Gasteiger charge is 2.24. The highest BCUT2D eigenvalue weighted by Crippen LogP contribution is 2.11. The summed E-state index contributed by atoms with van der Waals surface area (Å²) in [6.45, 7) is 4.37. The average molecular weight is 622 g/mol. The van der Waals surface area contributed by atoms with E-state index >= 15 is 0 Å². The number of aliphatic hydroxyl groups excluding tert-OH is 1. The second kappa shape index (κ2) is 30.1. The summed E-state index contributed by atoms with van der Waals surface area (Å²) in [7, 11) is -4.35. The number of rotatable bonds is 29. The van der Waals surface area contributed by atoms with Crippen molar-refractivity contribution >= 4 is 16.0 Å². The van der Waals surface area contributed by atoms with E-state index in [4.69, 9.17) is 0 Å². The minimum Gasteiger partial charge on any atom is -0.387 e. The van der Waals surface area contributed by atoms with E-state index in [9.17, 15) is 22.9 Å². The lowest BCUT2D eigenvalue weighted by Crippen LogP contribution is -2.46. The zero-order valence-electron chi connectivity index (χ0n) is 27.3. The largest absolute Gasteiger partial charge is 0.387 e. The summed E-state index contributed by atoms with van der Waals surface area (Å²) in [6.07, 6.45) is 40.6. The molecule has 3 N–H and O–H groups in total. The van der Waals surface area contributed by atoms with E-state index in [0.29, 0.717) is 12.8 Å². The van der Waals surface area contributed by atoms with Gasteiger partial charge in [-0.2, -0.15) is 8.42 Å². The first-order valence-corrected chi connectivity index (χ1v) is 18.6. The monoisotopic (exact) mass is 621 g/mol. The molecule has 0 saturated heterocycles. The lowest BCUT2D eigenvalue weighted by molar-refractivity contribution is -0.122. The van der Waals surface area contributed by atoms with Crippen LogP contribution in [0.25, 0.3) is 0 Å². The maximum atomic E-state index is 12.4. The van der Waals surface area contributed by atoms with Crippen LogP contribution in [0.3, 0.4) is 0 Å². The van der Waals surface area contributed by atoms with Crippen LogP contribution in [0.5, 0.6) is 0 Å². The van der Waals surface area contributed by atoms with Crippen LogP contribution in [0, 0.1) is 0 Å². The Morgan fingerprint density at radius 2 is 1.14 bits per heavy atom. The van der Waals surface area contributed by atoms with Crippen LogP contribution >= 0.6 is 0 Å². The molecule has 0 aliphatic rings. The summed E-state index contributed by atoms with van der Waals surface area (Å²) in [5.41, 5.74) is 0. The van der Waals surface area contributed by atoms with E-state index in [1.807, 2.05) is 0 Å². The maximum Gasteiger partial charge on any atom is 0.267 e. The van der Waals surface area contributed by atoms with E-state index in [1.165, 1.54) is 51.0 Å². The highest BCUT2D eigenvalue weighted by atomic mass is 32.2. The van der Waals surface area contributed by atoms with Gasteiger partial charge in [-0.15, -0.1) is 0 Å². The molecule has 7 heteroatoms. The normalized spacial score (nSPS) is 14.2. The summed E-state index contributed by atoms with van der Waals surface area (Å²) in [4.78, 5) is 12.4. The highest BCUT2D eigenvalue weighted by molar-refractivity contribution is 7.85. The van der Waals surface area contributed by atoms with Crippen molar-refractivity contribution < 1.29 is 22.9 Å². The van der Waals surface area contributed by atoms with Crippen LogP contribution < -0.4 is 5.32 Å². The molecule has 248 valence electrons. The van der Waals surface area contributed by atoms with E-state index in [0.717, 1.165) is 64.2 Å². The van der Waals surface area contributed by atoms with Crippen molar-refractivity contribution in [3.05, 3.63) is 60.8 Å². The Kier molecular flexibility index (Phi) is 28.7. The van der Waals surface area contributed by atoms with Gasteiger partial charge in [0.05, 0.1) is 17.9 Å². The molecule has 0 aliphatic carbocycles. The van der Waals surface area contributed by atoms with Crippen LogP contribution in [-0.4, -0.2) is 41.9 Å². The second-order valence-corrected chi connectivity index (χ2v) is 12.9. The molecule has 0 aromatic heterocycles. The number of carbonyl (C=O) groups excluding carboxylic acids is 1. The van der Waals surface area contributed by atoms with Crippen LogP contribution in [0.2, 0.25) is 0 Å². The van der Waals surface area contributed by atoms with E-state index in [2.05, 4.69) is 67.8 Å².